The number of nitrogens with one attached hydrogen (secondary N) is 1. The van der Waals surface area contributed by atoms with Crippen molar-refractivity contribution in [3.8, 4) is 0 Å². The maximum atomic E-state index is 13.5. The molecule has 0 spiro atoms. The molecule has 1 aliphatic rings. The minimum absolute atomic E-state index is 0. The molecule has 1 unspecified atom stereocenters. The Bertz CT molecular complexity index is 760. The second kappa shape index (κ2) is 8.74. The molecule has 2 aromatic rings. The Hall–Kier alpha value is -1.50. The first-order chi connectivity index (χ1) is 11.5. The maximum absolute atomic E-state index is 13.5. The highest BCUT2D eigenvalue weighted by Crippen LogP contribution is 2.24. The van der Waals surface area contributed by atoms with Crippen LogP contribution in [0.4, 0.5) is 8.78 Å². The largest absolute Gasteiger partial charge is 0.333 e. The minimum atomic E-state index is -0.356. The first kappa shape index (κ1) is 19.8. The number of halogens is 4. The number of hydrogen-bond donors (Lipinski definition) is 1. The lowest BCUT2D eigenvalue weighted by Crippen LogP contribution is -2.49. The normalized spacial score (nSPS) is 17.1. The van der Waals surface area contributed by atoms with Crippen molar-refractivity contribution in [2.75, 3.05) is 19.6 Å². The number of hydrogen-bond acceptors (Lipinski definition) is 2. The Balaban J connectivity index is 0.00000225. The van der Waals surface area contributed by atoms with Crippen molar-refractivity contribution < 1.29 is 13.6 Å². The molecule has 0 aromatic heterocycles. The van der Waals surface area contributed by atoms with Gasteiger partial charge in [0.15, 0.2) is 0 Å². The van der Waals surface area contributed by atoms with Crippen LogP contribution in [0.2, 0.25) is 0 Å². The molecular weight excluding hydrogens is 414 g/mol. The van der Waals surface area contributed by atoms with Gasteiger partial charge in [-0.1, -0.05) is 18.2 Å². The molecule has 1 heterocycles. The van der Waals surface area contributed by atoms with E-state index in [1.807, 2.05) is 6.07 Å². The van der Waals surface area contributed by atoms with E-state index < -0.39 is 0 Å². The summed E-state index contributed by atoms with van der Waals surface area (Å²) in [6, 6.07) is 10.7. The first-order valence-electron chi connectivity index (χ1n) is 7.74. The average Bonchev–Trinajstić information content (AvgIpc) is 2.58. The van der Waals surface area contributed by atoms with Crippen molar-refractivity contribution in [2.24, 2.45) is 0 Å². The number of nitrogens with zero attached hydrogens (tertiary/aromatic N) is 1. The van der Waals surface area contributed by atoms with E-state index in [4.69, 9.17) is 0 Å². The van der Waals surface area contributed by atoms with Crippen LogP contribution in [-0.4, -0.2) is 30.4 Å². The van der Waals surface area contributed by atoms with Crippen LogP contribution in [0.1, 0.15) is 17.2 Å². The molecule has 1 N–H and O–H groups in total. The number of benzene rings is 2. The van der Waals surface area contributed by atoms with Gasteiger partial charge in [0.25, 0.3) is 0 Å². The molecule has 1 amide bonds. The summed E-state index contributed by atoms with van der Waals surface area (Å²) in [4.78, 5) is 14.5. The van der Waals surface area contributed by atoms with Crippen LogP contribution < -0.4 is 5.32 Å². The van der Waals surface area contributed by atoms with E-state index in [9.17, 15) is 13.6 Å². The molecule has 1 saturated heterocycles. The molecule has 0 saturated carbocycles. The zero-order valence-electron chi connectivity index (χ0n) is 13.3. The van der Waals surface area contributed by atoms with Crippen LogP contribution in [0.15, 0.2) is 46.9 Å². The molecule has 0 bridgehead atoms. The first-order valence-corrected chi connectivity index (χ1v) is 8.53. The van der Waals surface area contributed by atoms with Gasteiger partial charge in [0.05, 0.1) is 16.9 Å². The Morgan fingerprint density at radius 2 is 2.04 bits per heavy atom. The summed E-state index contributed by atoms with van der Waals surface area (Å²) in [6.07, 6.45) is 0.185. The lowest BCUT2D eigenvalue weighted by Gasteiger charge is -2.36. The smallest absolute Gasteiger partial charge is 0.227 e. The Morgan fingerprint density at radius 1 is 1.24 bits per heavy atom. The predicted octanol–water partition coefficient (Wildman–Crippen LogP) is 3.86. The molecule has 1 fully saturated rings. The molecule has 0 radical (unpaired) electrons. The van der Waals surface area contributed by atoms with E-state index in [1.54, 1.807) is 23.1 Å². The van der Waals surface area contributed by atoms with E-state index in [2.05, 4.69) is 21.2 Å². The third-order valence-corrected chi connectivity index (χ3v) is 4.74. The van der Waals surface area contributed by atoms with Crippen LogP contribution in [-0.2, 0) is 11.2 Å². The number of carbonyl (C=O) groups excluding carboxylic acids is 1. The van der Waals surface area contributed by atoms with Crippen LogP contribution in [0, 0.1) is 11.6 Å². The molecule has 25 heavy (non-hydrogen) atoms. The fourth-order valence-electron chi connectivity index (χ4n) is 2.94. The third kappa shape index (κ3) is 4.77. The topological polar surface area (TPSA) is 32.3 Å². The summed E-state index contributed by atoms with van der Waals surface area (Å²) < 4.78 is 27.2. The van der Waals surface area contributed by atoms with Crippen LogP contribution in [0.5, 0.6) is 0 Å². The van der Waals surface area contributed by atoms with Crippen LogP contribution in [0.3, 0.4) is 0 Å². The molecule has 3 rings (SSSR count). The van der Waals surface area contributed by atoms with Gasteiger partial charge in [-0.15, -0.1) is 12.4 Å². The van der Waals surface area contributed by atoms with Crippen molar-refractivity contribution in [3.05, 3.63) is 69.7 Å². The van der Waals surface area contributed by atoms with Gasteiger partial charge < -0.3 is 10.2 Å². The van der Waals surface area contributed by atoms with E-state index in [1.165, 1.54) is 18.2 Å². The van der Waals surface area contributed by atoms with Crippen molar-refractivity contribution in [1.82, 2.24) is 10.2 Å². The molecule has 1 atom stereocenters. The van der Waals surface area contributed by atoms with Gasteiger partial charge in [0.2, 0.25) is 5.91 Å². The highest BCUT2D eigenvalue weighted by atomic mass is 79.9. The summed E-state index contributed by atoms with van der Waals surface area (Å²) in [5, 5.41) is 3.24. The SMILES string of the molecule is Cl.O=C(Cc1ccc(F)c(Br)c1)N1CCNCC1c1cccc(F)c1. The minimum Gasteiger partial charge on any atom is -0.333 e. The van der Waals surface area contributed by atoms with Crippen molar-refractivity contribution in [3.63, 3.8) is 0 Å². The van der Waals surface area contributed by atoms with Gasteiger partial charge in [-0.2, -0.15) is 0 Å². The molecule has 0 aliphatic carbocycles. The summed E-state index contributed by atoms with van der Waals surface area (Å²) in [6.45, 7) is 1.84. The summed E-state index contributed by atoms with van der Waals surface area (Å²) in [5.74, 6) is -0.719. The van der Waals surface area contributed by atoms with Gasteiger partial charge >= 0.3 is 0 Å². The van der Waals surface area contributed by atoms with Gasteiger partial charge in [-0.25, -0.2) is 8.78 Å². The number of carbonyl (C=O) groups is 1. The number of rotatable bonds is 3. The predicted molar refractivity (Wildman–Crippen MR) is 98.8 cm³/mol. The quantitative estimate of drug-likeness (QED) is 0.800. The molecule has 7 heteroatoms. The fourth-order valence-corrected chi connectivity index (χ4v) is 3.37. The van der Waals surface area contributed by atoms with Crippen LogP contribution in [0.25, 0.3) is 0 Å². The fraction of sp³-hybridized carbons (Fsp3) is 0.278. The lowest BCUT2D eigenvalue weighted by molar-refractivity contribution is -0.133. The third-order valence-electron chi connectivity index (χ3n) is 4.14. The van der Waals surface area contributed by atoms with Gasteiger partial charge in [0.1, 0.15) is 11.6 Å². The summed E-state index contributed by atoms with van der Waals surface area (Å²) in [7, 11) is 0. The summed E-state index contributed by atoms with van der Waals surface area (Å²) in [5.41, 5.74) is 1.51. The Labute approximate surface area is 159 Å². The zero-order chi connectivity index (χ0) is 17.1. The molecular formula is C18H18BrClF2N2O. The molecule has 1 aliphatic heterocycles. The second-order valence-corrected chi connectivity index (χ2v) is 6.64. The maximum Gasteiger partial charge on any atom is 0.227 e. The van der Waals surface area contributed by atoms with Gasteiger partial charge in [-0.3, -0.25) is 4.79 Å². The van der Waals surface area contributed by atoms with E-state index >= 15 is 0 Å². The molecule has 134 valence electrons. The Morgan fingerprint density at radius 3 is 2.76 bits per heavy atom. The van der Waals surface area contributed by atoms with Crippen molar-refractivity contribution in [1.29, 1.82) is 0 Å². The second-order valence-electron chi connectivity index (χ2n) is 5.79. The average molecular weight is 432 g/mol. The molecule has 2 aromatic carbocycles. The van der Waals surface area contributed by atoms with Crippen LogP contribution >= 0.6 is 28.3 Å². The van der Waals surface area contributed by atoms with Crippen molar-refractivity contribution >= 4 is 34.2 Å². The standard InChI is InChI=1S/C18H17BrF2N2O.ClH/c19-15-8-12(4-5-16(15)21)9-18(24)23-7-6-22-11-17(23)13-2-1-3-14(20)10-13;/h1-5,8,10,17,22H,6-7,9,11H2;1H. The van der Waals surface area contributed by atoms with E-state index in [0.29, 0.717) is 24.1 Å². The Kier molecular flexibility index (Phi) is 6.93. The van der Waals surface area contributed by atoms with Gasteiger partial charge in [-0.05, 0) is 51.3 Å². The summed E-state index contributed by atoms with van der Waals surface area (Å²) >= 11 is 3.14. The van der Waals surface area contributed by atoms with E-state index in [0.717, 1.165) is 11.1 Å². The number of piperazine rings is 1. The highest BCUT2D eigenvalue weighted by molar-refractivity contribution is 9.10. The molecule has 3 nitrogen and oxygen atoms in total. The zero-order valence-corrected chi connectivity index (χ0v) is 15.7. The van der Waals surface area contributed by atoms with Gasteiger partial charge in [0, 0.05) is 19.6 Å². The van der Waals surface area contributed by atoms with E-state index in [-0.39, 0.29) is 42.4 Å². The monoisotopic (exact) mass is 430 g/mol. The van der Waals surface area contributed by atoms with Crippen molar-refractivity contribution in [2.45, 2.75) is 12.5 Å². The lowest BCUT2D eigenvalue weighted by atomic mass is 10.0. The highest BCUT2D eigenvalue weighted by Gasteiger charge is 2.28. The number of amides is 1.